The average molecular weight is 227 g/mol. The van der Waals surface area contributed by atoms with Crippen molar-refractivity contribution in [1.29, 1.82) is 0 Å². The molecule has 0 radical (unpaired) electrons. The maximum absolute atomic E-state index is 5.71. The molecule has 2 heteroatoms. The van der Waals surface area contributed by atoms with Crippen LogP contribution in [-0.4, -0.2) is 6.54 Å². The van der Waals surface area contributed by atoms with Gasteiger partial charge >= 0.3 is 0 Å². The van der Waals surface area contributed by atoms with Crippen LogP contribution in [0, 0.1) is 0 Å². The van der Waals surface area contributed by atoms with E-state index in [1.165, 1.54) is 0 Å². The monoisotopic (exact) mass is 227 g/mol. The van der Waals surface area contributed by atoms with Crippen LogP contribution < -0.4 is 10.1 Å². The van der Waals surface area contributed by atoms with Crippen LogP contribution in [0.1, 0.15) is 13.3 Å². The Morgan fingerprint density at radius 3 is 2.18 bits per heavy atom. The fraction of sp³-hybridized carbons (Fsp3) is 0.200. The molecule has 0 aliphatic heterocycles. The van der Waals surface area contributed by atoms with Crippen molar-refractivity contribution >= 4 is 5.69 Å². The molecule has 0 bridgehead atoms. The Morgan fingerprint density at radius 1 is 0.882 bits per heavy atom. The van der Waals surface area contributed by atoms with Crippen LogP contribution in [0.15, 0.2) is 54.6 Å². The van der Waals surface area contributed by atoms with Crippen LogP contribution in [-0.2, 0) is 0 Å². The molecule has 0 aliphatic carbocycles. The second-order valence-electron chi connectivity index (χ2n) is 3.87. The highest BCUT2D eigenvalue weighted by molar-refractivity contribution is 5.47. The number of para-hydroxylation sites is 1. The lowest BCUT2D eigenvalue weighted by Crippen LogP contribution is -1.98. The maximum Gasteiger partial charge on any atom is 0.127 e. The summed E-state index contributed by atoms with van der Waals surface area (Å²) in [6.07, 6.45) is 1.13. The van der Waals surface area contributed by atoms with Crippen molar-refractivity contribution in [1.82, 2.24) is 0 Å². The first-order chi connectivity index (χ1) is 8.38. The molecule has 0 amide bonds. The number of hydrogen-bond acceptors (Lipinski definition) is 2. The molecule has 0 atom stereocenters. The van der Waals surface area contributed by atoms with Gasteiger partial charge < -0.3 is 10.1 Å². The predicted octanol–water partition coefficient (Wildman–Crippen LogP) is 4.30. The first kappa shape index (κ1) is 11.5. The highest BCUT2D eigenvalue weighted by atomic mass is 16.5. The Labute approximate surface area is 102 Å². The Bertz CT molecular complexity index is 436. The summed E-state index contributed by atoms with van der Waals surface area (Å²) in [4.78, 5) is 0. The molecule has 0 saturated heterocycles. The highest BCUT2D eigenvalue weighted by Gasteiger charge is 1.96. The second-order valence-corrected chi connectivity index (χ2v) is 3.87. The molecule has 0 heterocycles. The third-order valence-electron chi connectivity index (χ3n) is 2.41. The van der Waals surface area contributed by atoms with Gasteiger partial charge in [0.2, 0.25) is 0 Å². The van der Waals surface area contributed by atoms with E-state index in [1.54, 1.807) is 0 Å². The Morgan fingerprint density at radius 2 is 1.53 bits per heavy atom. The van der Waals surface area contributed by atoms with Gasteiger partial charge in [-0.3, -0.25) is 0 Å². The van der Waals surface area contributed by atoms with E-state index >= 15 is 0 Å². The van der Waals surface area contributed by atoms with Gasteiger partial charge in [0, 0.05) is 12.2 Å². The average Bonchev–Trinajstić information content (AvgIpc) is 2.39. The summed E-state index contributed by atoms with van der Waals surface area (Å²) in [6, 6.07) is 17.8. The van der Waals surface area contributed by atoms with Crippen molar-refractivity contribution in [3.8, 4) is 11.5 Å². The van der Waals surface area contributed by atoms with E-state index in [0.717, 1.165) is 30.2 Å². The number of ether oxygens (including phenoxy) is 1. The number of nitrogens with one attached hydrogen (secondary N) is 1. The normalized spacial score (nSPS) is 9.94. The van der Waals surface area contributed by atoms with Crippen LogP contribution >= 0.6 is 0 Å². The van der Waals surface area contributed by atoms with Crippen molar-refractivity contribution in [3.63, 3.8) is 0 Å². The van der Waals surface area contributed by atoms with E-state index in [9.17, 15) is 0 Å². The minimum Gasteiger partial charge on any atom is -0.457 e. The van der Waals surface area contributed by atoms with Gasteiger partial charge in [0.1, 0.15) is 11.5 Å². The van der Waals surface area contributed by atoms with Gasteiger partial charge in [-0.1, -0.05) is 25.1 Å². The maximum atomic E-state index is 5.71. The molecule has 2 aromatic carbocycles. The zero-order valence-electron chi connectivity index (χ0n) is 10.0. The standard InChI is InChI=1S/C15H17NO/c1-2-12-16-13-8-10-15(11-9-13)17-14-6-4-3-5-7-14/h3-11,16H,2,12H2,1H3. The minimum absolute atomic E-state index is 0.859. The lowest BCUT2D eigenvalue weighted by Gasteiger charge is -2.07. The van der Waals surface area contributed by atoms with E-state index in [4.69, 9.17) is 4.74 Å². The van der Waals surface area contributed by atoms with Crippen molar-refractivity contribution in [2.24, 2.45) is 0 Å². The van der Waals surface area contributed by atoms with Crippen LogP contribution in [0.25, 0.3) is 0 Å². The molecule has 0 unspecified atom stereocenters. The first-order valence-corrected chi connectivity index (χ1v) is 5.95. The van der Waals surface area contributed by atoms with Gasteiger partial charge in [0.15, 0.2) is 0 Å². The highest BCUT2D eigenvalue weighted by Crippen LogP contribution is 2.22. The predicted molar refractivity (Wildman–Crippen MR) is 71.7 cm³/mol. The fourth-order valence-corrected chi connectivity index (χ4v) is 1.53. The topological polar surface area (TPSA) is 21.3 Å². The molecular weight excluding hydrogens is 210 g/mol. The molecule has 2 aromatic rings. The number of rotatable bonds is 5. The lowest BCUT2D eigenvalue weighted by atomic mass is 10.3. The number of anilines is 1. The van der Waals surface area contributed by atoms with E-state index in [-0.39, 0.29) is 0 Å². The molecule has 1 N–H and O–H groups in total. The molecule has 2 nitrogen and oxygen atoms in total. The number of hydrogen-bond donors (Lipinski definition) is 1. The van der Waals surface area contributed by atoms with Gasteiger partial charge in [-0.05, 0) is 42.8 Å². The van der Waals surface area contributed by atoms with Crippen molar-refractivity contribution in [3.05, 3.63) is 54.6 Å². The van der Waals surface area contributed by atoms with Gasteiger partial charge in [-0.2, -0.15) is 0 Å². The van der Waals surface area contributed by atoms with Crippen molar-refractivity contribution in [2.45, 2.75) is 13.3 Å². The molecule has 88 valence electrons. The molecule has 2 rings (SSSR count). The summed E-state index contributed by atoms with van der Waals surface area (Å²) in [6.45, 7) is 3.15. The molecule has 0 saturated carbocycles. The van der Waals surface area contributed by atoms with E-state index in [1.807, 2.05) is 54.6 Å². The zero-order valence-corrected chi connectivity index (χ0v) is 10.0. The van der Waals surface area contributed by atoms with Gasteiger partial charge in [-0.25, -0.2) is 0 Å². The summed E-state index contributed by atoms with van der Waals surface area (Å²) in [7, 11) is 0. The van der Waals surface area contributed by atoms with E-state index < -0.39 is 0 Å². The zero-order chi connectivity index (χ0) is 11.9. The largest absolute Gasteiger partial charge is 0.457 e. The van der Waals surface area contributed by atoms with Crippen LogP contribution in [0.3, 0.4) is 0 Å². The van der Waals surface area contributed by atoms with E-state index in [2.05, 4.69) is 12.2 Å². The van der Waals surface area contributed by atoms with Crippen molar-refractivity contribution in [2.75, 3.05) is 11.9 Å². The van der Waals surface area contributed by atoms with Crippen molar-refractivity contribution < 1.29 is 4.74 Å². The summed E-state index contributed by atoms with van der Waals surface area (Å²) < 4.78 is 5.71. The van der Waals surface area contributed by atoms with Gasteiger partial charge in [0.05, 0.1) is 0 Å². The van der Waals surface area contributed by atoms with Gasteiger partial charge in [-0.15, -0.1) is 0 Å². The third kappa shape index (κ3) is 3.52. The summed E-state index contributed by atoms with van der Waals surface area (Å²) in [5.41, 5.74) is 1.13. The van der Waals surface area contributed by atoms with Crippen LogP contribution in [0.5, 0.6) is 11.5 Å². The molecule has 17 heavy (non-hydrogen) atoms. The summed E-state index contributed by atoms with van der Waals surface area (Å²) in [5, 5.41) is 3.33. The third-order valence-corrected chi connectivity index (χ3v) is 2.41. The molecule has 0 aromatic heterocycles. The lowest BCUT2D eigenvalue weighted by molar-refractivity contribution is 0.483. The Kier molecular flexibility index (Phi) is 4.03. The summed E-state index contributed by atoms with van der Waals surface area (Å²) in [5.74, 6) is 1.72. The summed E-state index contributed by atoms with van der Waals surface area (Å²) >= 11 is 0. The molecule has 0 aliphatic rings. The van der Waals surface area contributed by atoms with E-state index in [0.29, 0.717) is 0 Å². The molecular formula is C15H17NO. The SMILES string of the molecule is CCCNc1ccc(Oc2ccccc2)cc1. The van der Waals surface area contributed by atoms with Crippen LogP contribution in [0.2, 0.25) is 0 Å². The quantitative estimate of drug-likeness (QED) is 0.822. The fourth-order valence-electron chi connectivity index (χ4n) is 1.53. The minimum atomic E-state index is 0.859. The van der Waals surface area contributed by atoms with Gasteiger partial charge in [0.25, 0.3) is 0 Å². The smallest absolute Gasteiger partial charge is 0.127 e. The first-order valence-electron chi connectivity index (χ1n) is 5.95. The molecule has 0 spiro atoms. The Balaban J connectivity index is 1.98. The van der Waals surface area contributed by atoms with Crippen LogP contribution in [0.4, 0.5) is 5.69 Å². The Hall–Kier alpha value is -1.96. The second kappa shape index (κ2) is 5.94. The molecule has 0 fully saturated rings. The number of benzene rings is 2.